The predicted molar refractivity (Wildman–Crippen MR) is 70.5 cm³/mol. The summed E-state index contributed by atoms with van der Waals surface area (Å²) >= 11 is 3.33. The summed E-state index contributed by atoms with van der Waals surface area (Å²) in [7, 11) is 0. The molecule has 5 heteroatoms. The van der Waals surface area contributed by atoms with Gasteiger partial charge in [0.1, 0.15) is 6.04 Å². The van der Waals surface area contributed by atoms with Crippen molar-refractivity contribution < 1.29 is 14.7 Å². The van der Waals surface area contributed by atoms with E-state index in [1.54, 1.807) is 12.1 Å². The molecule has 0 aliphatic heterocycles. The second-order valence-electron chi connectivity index (χ2n) is 4.59. The fourth-order valence-corrected chi connectivity index (χ4v) is 2.39. The van der Waals surface area contributed by atoms with Gasteiger partial charge in [-0.25, -0.2) is 4.79 Å². The Morgan fingerprint density at radius 1 is 1.44 bits per heavy atom. The first kappa shape index (κ1) is 13.1. The number of benzene rings is 1. The van der Waals surface area contributed by atoms with Crippen molar-refractivity contribution in [2.24, 2.45) is 5.92 Å². The molecular weight excluding hydrogens is 298 g/mol. The van der Waals surface area contributed by atoms with E-state index in [4.69, 9.17) is 5.11 Å². The van der Waals surface area contributed by atoms with Crippen LogP contribution in [-0.2, 0) is 4.79 Å². The second kappa shape index (κ2) is 5.10. The van der Waals surface area contributed by atoms with E-state index < -0.39 is 12.0 Å². The summed E-state index contributed by atoms with van der Waals surface area (Å²) in [5.74, 6) is -1.19. The lowest BCUT2D eigenvalue weighted by molar-refractivity contribution is -0.139. The molecule has 1 unspecified atom stereocenters. The molecule has 4 nitrogen and oxygen atoms in total. The van der Waals surface area contributed by atoms with E-state index >= 15 is 0 Å². The highest BCUT2D eigenvalue weighted by Gasteiger charge is 2.37. The highest BCUT2D eigenvalue weighted by Crippen LogP contribution is 2.33. The standard InChI is InChI=1S/C13H14BrNO3/c1-7-6-9(14)4-5-10(7)12(16)15-11(13(17)18)8-2-3-8/h4-6,8,11H,2-3H2,1H3,(H,15,16)(H,17,18). The van der Waals surface area contributed by atoms with Crippen LogP contribution in [0.15, 0.2) is 22.7 Å². The monoisotopic (exact) mass is 311 g/mol. The molecule has 0 aromatic heterocycles. The highest BCUT2D eigenvalue weighted by molar-refractivity contribution is 9.10. The first-order valence-corrected chi connectivity index (χ1v) is 6.58. The number of carboxylic acid groups (broad SMARTS) is 1. The van der Waals surface area contributed by atoms with Crippen LogP contribution in [0.5, 0.6) is 0 Å². The predicted octanol–water partition coefficient (Wildman–Crippen LogP) is 2.35. The Morgan fingerprint density at radius 3 is 2.61 bits per heavy atom. The van der Waals surface area contributed by atoms with Crippen molar-refractivity contribution in [1.82, 2.24) is 5.32 Å². The largest absolute Gasteiger partial charge is 0.480 e. The van der Waals surface area contributed by atoms with Crippen LogP contribution >= 0.6 is 15.9 Å². The molecule has 2 rings (SSSR count). The quantitative estimate of drug-likeness (QED) is 0.897. The summed E-state index contributed by atoms with van der Waals surface area (Å²) in [6.45, 7) is 1.83. The van der Waals surface area contributed by atoms with E-state index in [0.717, 1.165) is 22.9 Å². The van der Waals surface area contributed by atoms with E-state index in [2.05, 4.69) is 21.2 Å². The van der Waals surface area contributed by atoms with Gasteiger partial charge in [0, 0.05) is 10.0 Å². The third-order valence-corrected chi connectivity index (χ3v) is 3.57. The molecule has 1 aliphatic rings. The summed E-state index contributed by atoms with van der Waals surface area (Å²) in [5, 5.41) is 11.7. The van der Waals surface area contributed by atoms with Crippen LogP contribution in [0.3, 0.4) is 0 Å². The van der Waals surface area contributed by atoms with Crippen LogP contribution in [0.25, 0.3) is 0 Å². The van der Waals surface area contributed by atoms with Gasteiger partial charge in [-0.15, -0.1) is 0 Å². The SMILES string of the molecule is Cc1cc(Br)ccc1C(=O)NC(C(=O)O)C1CC1. The van der Waals surface area contributed by atoms with E-state index in [1.807, 2.05) is 13.0 Å². The first-order valence-electron chi connectivity index (χ1n) is 5.79. The summed E-state index contributed by atoms with van der Waals surface area (Å²) in [6.07, 6.45) is 1.74. The third kappa shape index (κ3) is 2.90. The molecule has 1 aliphatic carbocycles. The molecule has 0 spiro atoms. The van der Waals surface area contributed by atoms with Crippen LogP contribution in [0, 0.1) is 12.8 Å². The normalized spacial score (nSPS) is 16.1. The maximum absolute atomic E-state index is 12.0. The number of nitrogens with one attached hydrogen (secondary N) is 1. The summed E-state index contributed by atoms with van der Waals surface area (Å²) in [5.41, 5.74) is 1.34. The molecule has 1 fully saturated rings. The van der Waals surface area contributed by atoms with Crippen molar-refractivity contribution in [3.05, 3.63) is 33.8 Å². The molecule has 1 saturated carbocycles. The Labute approximate surface area is 114 Å². The molecule has 96 valence electrons. The van der Waals surface area contributed by atoms with Crippen LogP contribution in [0.2, 0.25) is 0 Å². The number of halogens is 1. The van der Waals surface area contributed by atoms with Crippen LogP contribution in [0.4, 0.5) is 0 Å². The van der Waals surface area contributed by atoms with Gasteiger partial charge >= 0.3 is 5.97 Å². The number of carboxylic acids is 1. The van der Waals surface area contributed by atoms with Crippen LogP contribution in [-0.4, -0.2) is 23.0 Å². The average molecular weight is 312 g/mol. The van der Waals surface area contributed by atoms with E-state index in [0.29, 0.717) is 5.56 Å². The van der Waals surface area contributed by atoms with Crippen LogP contribution in [0.1, 0.15) is 28.8 Å². The fourth-order valence-electron chi connectivity index (χ4n) is 1.91. The maximum atomic E-state index is 12.0. The Hall–Kier alpha value is -1.36. The van der Waals surface area contributed by atoms with Gasteiger partial charge in [0.05, 0.1) is 0 Å². The Kier molecular flexibility index (Phi) is 3.71. The molecule has 1 amide bonds. The number of rotatable bonds is 4. The minimum absolute atomic E-state index is 0.0854. The minimum Gasteiger partial charge on any atom is -0.480 e. The first-order chi connectivity index (χ1) is 8.49. The molecule has 1 aromatic rings. The van der Waals surface area contributed by atoms with Gasteiger partial charge < -0.3 is 10.4 Å². The van der Waals surface area contributed by atoms with Crippen molar-refractivity contribution in [3.63, 3.8) is 0 Å². The zero-order chi connectivity index (χ0) is 13.3. The number of amides is 1. The average Bonchev–Trinajstić information content (AvgIpc) is 3.08. The zero-order valence-corrected chi connectivity index (χ0v) is 11.5. The molecule has 0 radical (unpaired) electrons. The number of aliphatic carboxylic acids is 1. The number of hydrogen-bond donors (Lipinski definition) is 2. The van der Waals surface area contributed by atoms with Gasteiger partial charge in [-0.2, -0.15) is 0 Å². The smallest absolute Gasteiger partial charge is 0.326 e. The van der Waals surface area contributed by atoms with E-state index in [1.165, 1.54) is 0 Å². The van der Waals surface area contributed by atoms with Crippen molar-refractivity contribution >= 4 is 27.8 Å². The van der Waals surface area contributed by atoms with Gasteiger partial charge in [0.25, 0.3) is 5.91 Å². The van der Waals surface area contributed by atoms with Crippen molar-refractivity contribution in [2.45, 2.75) is 25.8 Å². The maximum Gasteiger partial charge on any atom is 0.326 e. The second-order valence-corrected chi connectivity index (χ2v) is 5.50. The number of aryl methyl sites for hydroxylation is 1. The lowest BCUT2D eigenvalue weighted by Crippen LogP contribution is -2.42. The van der Waals surface area contributed by atoms with E-state index in [9.17, 15) is 9.59 Å². The van der Waals surface area contributed by atoms with Gasteiger partial charge in [-0.05, 0) is 49.4 Å². The fraction of sp³-hybridized carbons (Fsp3) is 0.385. The molecule has 2 N–H and O–H groups in total. The molecule has 0 heterocycles. The van der Waals surface area contributed by atoms with Crippen molar-refractivity contribution in [3.8, 4) is 0 Å². The molecule has 0 bridgehead atoms. The van der Waals surface area contributed by atoms with Gasteiger partial charge in [0.15, 0.2) is 0 Å². The molecule has 18 heavy (non-hydrogen) atoms. The Bertz CT molecular complexity index is 497. The summed E-state index contributed by atoms with van der Waals surface area (Å²) in [4.78, 5) is 23.1. The summed E-state index contributed by atoms with van der Waals surface area (Å²) < 4.78 is 0.897. The number of hydrogen-bond acceptors (Lipinski definition) is 2. The third-order valence-electron chi connectivity index (χ3n) is 3.08. The molecule has 0 saturated heterocycles. The number of carbonyl (C=O) groups excluding carboxylic acids is 1. The Balaban J connectivity index is 2.13. The van der Waals surface area contributed by atoms with Gasteiger partial charge in [-0.3, -0.25) is 4.79 Å². The minimum atomic E-state index is -0.958. The van der Waals surface area contributed by atoms with Crippen molar-refractivity contribution in [1.29, 1.82) is 0 Å². The van der Waals surface area contributed by atoms with Crippen LogP contribution < -0.4 is 5.32 Å². The van der Waals surface area contributed by atoms with Gasteiger partial charge in [0.2, 0.25) is 0 Å². The lowest BCUT2D eigenvalue weighted by Gasteiger charge is -2.14. The number of carbonyl (C=O) groups is 2. The zero-order valence-electron chi connectivity index (χ0n) is 9.94. The summed E-state index contributed by atoms with van der Waals surface area (Å²) in [6, 6.07) is 4.54. The Morgan fingerprint density at radius 2 is 2.11 bits per heavy atom. The lowest BCUT2D eigenvalue weighted by atomic mass is 10.1. The van der Waals surface area contributed by atoms with E-state index in [-0.39, 0.29) is 11.8 Å². The topological polar surface area (TPSA) is 66.4 Å². The van der Waals surface area contributed by atoms with Crippen molar-refractivity contribution in [2.75, 3.05) is 0 Å². The molecular formula is C13H14BrNO3. The molecule has 1 atom stereocenters. The van der Waals surface area contributed by atoms with Gasteiger partial charge in [-0.1, -0.05) is 15.9 Å². The molecule has 1 aromatic carbocycles. The highest BCUT2D eigenvalue weighted by atomic mass is 79.9.